The lowest BCUT2D eigenvalue weighted by atomic mass is 10.1. The summed E-state index contributed by atoms with van der Waals surface area (Å²) in [7, 11) is -7.17. The maximum Gasteiger partial charge on any atom is 0.253 e. The van der Waals surface area contributed by atoms with Gasteiger partial charge < -0.3 is 4.57 Å². The molecule has 1 atom stereocenters. The Labute approximate surface area is 198 Å². The van der Waals surface area contributed by atoms with Crippen molar-refractivity contribution in [1.29, 1.82) is 0 Å². The van der Waals surface area contributed by atoms with E-state index < -0.39 is 22.4 Å². The molecule has 0 fully saturated rings. The van der Waals surface area contributed by atoms with E-state index in [1.54, 1.807) is 24.3 Å². The normalized spacial score (nSPS) is 14.0. The van der Waals surface area contributed by atoms with Crippen molar-refractivity contribution in [3.8, 4) is 0 Å². The Morgan fingerprint density at radius 2 is 1.33 bits per heavy atom. The van der Waals surface area contributed by atoms with Gasteiger partial charge in [-0.05, 0) is 31.9 Å². The Bertz CT molecular complexity index is 1140. The Hall–Kier alpha value is -2.24. The highest BCUT2D eigenvalue weighted by Gasteiger charge is 2.49. The maximum absolute atomic E-state index is 15.2. The fraction of sp³-hybridized carbons (Fsp3) is 0.308. The second kappa shape index (κ2) is 10.8. The van der Waals surface area contributed by atoms with Crippen LogP contribution in [0.5, 0.6) is 0 Å². The van der Waals surface area contributed by atoms with Crippen LogP contribution in [0.2, 0.25) is 0 Å². The van der Waals surface area contributed by atoms with Gasteiger partial charge in [0.05, 0.1) is 10.2 Å². The van der Waals surface area contributed by atoms with Gasteiger partial charge in [0, 0.05) is 10.6 Å². The van der Waals surface area contributed by atoms with E-state index in [0.29, 0.717) is 23.5 Å². The van der Waals surface area contributed by atoms with Crippen molar-refractivity contribution < 1.29 is 13.0 Å². The first-order valence-electron chi connectivity index (χ1n) is 11.4. The lowest BCUT2D eigenvalue weighted by Crippen LogP contribution is -2.56. The Balaban J connectivity index is 2.12. The molecule has 0 saturated heterocycles. The van der Waals surface area contributed by atoms with E-state index in [-0.39, 0.29) is 4.90 Å². The summed E-state index contributed by atoms with van der Waals surface area (Å²) in [6, 6.07) is 25.5. The smallest absolute Gasteiger partial charge is 0.253 e. The van der Waals surface area contributed by atoms with Crippen LogP contribution in [-0.2, 0) is 14.6 Å². The second-order valence-corrected chi connectivity index (χ2v) is 13.1. The Morgan fingerprint density at radius 1 is 0.818 bits per heavy atom. The molecule has 2 N–H and O–H groups in total. The first-order valence-corrected chi connectivity index (χ1v) is 14.5. The number of hydrogen-bond donors (Lipinski definition) is 2. The van der Waals surface area contributed by atoms with Gasteiger partial charge in [0.1, 0.15) is 0 Å². The van der Waals surface area contributed by atoms with Crippen LogP contribution in [-0.4, -0.2) is 13.7 Å². The van der Waals surface area contributed by atoms with Crippen molar-refractivity contribution in [2.24, 2.45) is 0 Å². The molecule has 0 spiro atoms. The van der Waals surface area contributed by atoms with E-state index in [1.165, 1.54) is 0 Å². The number of aryl methyl sites for hydroxylation is 1. The Morgan fingerprint density at radius 3 is 1.79 bits per heavy atom. The number of hydrazine groups is 1. The van der Waals surface area contributed by atoms with Gasteiger partial charge in [-0.3, -0.25) is 0 Å². The van der Waals surface area contributed by atoms with E-state index >= 15 is 4.57 Å². The number of unbranched alkanes of at least 4 members (excludes halogenated alkanes) is 1. The summed E-state index contributed by atoms with van der Waals surface area (Å²) in [6.07, 6.45) is 2.73. The summed E-state index contributed by atoms with van der Waals surface area (Å²) in [5.74, 6) is 0. The van der Waals surface area contributed by atoms with Gasteiger partial charge in [0.15, 0.2) is 7.14 Å². The van der Waals surface area contributed by atoms with Crippen LogP contribution in [0.3, 0.4) is 0 Å². The predicted octanol–water partition coefficient (Wildman–Crippen LogP) is 5.09. The van der Waals surface area contributed by atoms with Crippen molar-refractivity contribution in [3.63, 3.8) is 0 Å². The molecule has 3 aromatic rings. The number of rotatable bonds is 11. The molecule has 0 radical (unpaired) electrons. The molecule has 0 heterocycles. The number of benzene rings is 3. The molecule has 0 amide bonds. The first-order chi connectivity index (χ1) is 15.8. The molecule has 176 valence electrons. The molecule has 7 heteroatoms. The molecule has 5 nitrogen and oxygen atoms in total. The van der Waals surface area contributed by atoms with Gasteiger partial charge >= 0.3 is 0 Å². The highest BCUT2D eigenvalue weighted by molar-refractivity contribution is 7.89. The molecule has 3 aromatic carbocycles. The molecule has 1 unspecified atom stereocenters. The van der Waals surface area contributed by atoms with Gasteiger partial charge in [0.2, 0.25) is 0 Å². The standard InChI is InChI=1S/C26H33N2O3PS/c1-4-6-21-26(5-2,27-28-33(30,31)25-19-17-22(3)18-20-25)32(29,23-13-9-7-10-14-23)24-15-11-8-12-16-24/h7-20,27-28H,4-6,21H2,1-3H3. The second-order valence-electron chi connectivity index (χ2n) is 8.31. The van der Waals surface area contributed by atoms with Crippen molar-refractivity contribution in [3.05, 3.63) is 90.5 Å². The summed E-state index contributed by atoms with van der Waals surface area (Å²) in [5.41, 5.74) is 4.08. The van der Waals surface area contributed by atoms with Crippen LogP contribution in [0.4, 0.5) is 0 Å². The zero-order chi connectivity index (χ0) is 24.0. The van der Waals surface area contributed by atoms with Crippen LogP contribution in [0, 0.1) is 6.92 Å². The van der Waals surface area contributed by atoms with Crippen molar-refractivity contribution in [2.75, 3.05) is 0 Å². The van der Waals surface area contributed by atoms with Crippen LogP contribution in [0.15, 0.2) is 89.8 Å². The number of nitrogens with one attached hydrogen (secondary N) is 2. The largest absolute Gasteiger partial charge is 0.312 e. The van der Waals surface area contributed by atoms with Crippen molar-refractivity contribution in [2.45, 2.75) is 56.6 Å². The van der Waals surface area contributed by atoms with E-state index in [2.05, 4.69) is 17.2 Å². The van der Waals surface area contributed by atoms with E-state index in [1.807, 2.05) is 74.5 Å². The molecule has 33 heavy (non-hydrogen) atoms. The molecule has 0 aromatic heterocycles. The molecule has 3 rings (SSSR count). The minimum atomic E-state index is -3.85. The molecule has 0 saturated carbocycles. The zero-order valence-electron chi connectivity index (χ0n) is 19.5. The summed E-state index contributed by atoms with van der Waals surface area (Å²) in [5, 5.41) is 0.413. The van der Waals surface area contributed by atoms with Gasteiger partial charge in [-0.15, -0.1) is 4.83 Å². The summed E-state index contributed by atoms with van der Waals surface area (Å²) < 4.78 is 41.4. The summed E-state index contributed by atoms with van der Waals surface area (Å²) in [6.45, 7) is 5.94. The number of sulfonamides is 1. The highest BCUT2D eigenvalue weighted by Crippen LogP contribution is 2.58. The molecular weight excluding hydrogens is 451 g/mol. The fourth-order valence-electron chi connectivity index (χ4n) is 4.11. The topological polar surface area (TPSA) is 75.3 Å². The average Bonchev–Trinajstić information content (AvgIpc) is 2.85. The molecule has 0 aliphatic rings. The van der Waals surface area contributed by atoms with Crippen LogP contribution < -0.4 is 20.9 Å². The molecule has 0 bridgehead atoms. The van der Waals surface area contributed by atoms with E-state index in [9.17, 15) is 8.42 Å². The monoisotopic (exact) mass is 484 g/mol. The fourth-order valence-corrected chi connectivity index (χ4v) is 8.73. The molecule has 0 aliphatic carbocycles. The van der Waals surface area contributed by atoms with Crippen LogP contribution in [0.1, 0.15) is 45.1 Å². The highest BCUT2D eigenvalue weighted by atomic mass is 32.2. The van der Waals surface area contributed by atoms with E-state index in [0.717, 1.165) is 18.4 Å². The third kappa shape index (κ3) is 5.30. The summed E-state index contributed by atoms with van der Waals surface area (Å²) in [4.78, 5) is 2.75. The number of hydrogen-bond acceptors (Lipinski definition) is 4. The van der Waals surface area contributed by atoms with Gasteiger partial charge in [-0.1, -0.05) is 105 Å². The molecule has 0 aliphatic heterocycles. The summed E-state index contributed by atoms with van der Waals surface area (Å²) >= 11 is 0. The zero-order valence-corrected chi connectivity index (χ0v) is 21.2. The van der Waals surface area contributed by atoms with Gasteiger partial charge in [-0.25, -0.2) is 13.8 Å². The van der Waals surface area contributed by atoms with Crippen LogP contribution >= 0.6 is 7.14 Å². The molecular formula is C26H33N2O3PS. The van der Waals surface area contributed by atoms with Crippen molar-refractivity contribution in [1.82, 2.24) is 10.3 Å². The third-order valence-electron chi connectivity index (χ3n) is 6.12. The minimum Gasteiger partial charge on any atom is -0.312 e. The lowest BCUT2D eigenvalue weighted by Gasteiger charge is -2.41. The third-order valence-corrected chi connectivity index (χ3v) is 11.3. The van der Waals surface area contributed by atoms with Crippen LogP contribution in [0.25, 0.3) is 0 Å². The average molecular weight is 485 g/mol. The first kappa shape index (κ1) is 25.4. The quantitative estimate of drug-likeness (QED) is 0.294. The SMILES string of the molecule is CCCCC(CC)(NNS(=O)(=O)c1ccc(C)cc1)P(=O)(c1ccccc1)c1ccccc1. The maximum atomic E-state index is 15.2. The predicted molar refractivity (Wildman–Crippen MR) is 137 cm³/mol. The van der Waals surface area contributed by atoms with Crippen molar-refractivity contribution >= 4 is 27.8 Å². The Kier molecular flexibility index (Phi) is 8.30. The van der Waals surface area contributed by atoms with E-state index in [4.69, 9.17) is 0 Å². The lowest BCUT2D eigenvalue weighted by molar-refractivity contribution is 0.369. The van der Waals surface area contributed by atoms with Gasteiger partial charge in [0.25, 0.3) is 10.0 Å². The van der Waals surface area contributed by atoms with Gasteiger partial charge in [-0.2, -0.15) is 0 Å². The minimum absolute atomic E-state index is 0.162.